The van der Waals surface area contributed by atoms with Crippen molar-refractivity contribution < 1.29 is 37.3 Å². The molecule has 1 atom stereocenters. The number of fused-ring (bicyclic) bond motifs is 1. The van der Waals surface area contributed by atoms with Crippen molar-refractivity contribution in [3.05, 3.63) is 36.2 Å². The molecule has 3 heterocycles. The van der Waals surface area contributed by atoms with Gasteiger partial charge in [-0.3, -0.25) is 9.69 Å². The van der Waals surface area contributed by atoms with Crippen LogP contribution in [0.4, 0.5) is 30.5 Å². The van der Waals surface area contributed by atoms with Crippen LogP contribution in [0.5, 0.6) is 5.75 Å². The fraction of sp³-hybridized carbons (Fsp3) is 0.500. The van der Waals surface area contributed by atoms with Gasteiger partial charge in [-0.05, 0) is 30.0 Å². The molecule has 2 aliphatic heterocycles. The maximum atomic E-state index is 13.5. The number of benzene rings is 1. The van der Waals surface area contributed by atoms with Gasteiger partial charge in [0.15, 0.2) is 11.6 Å². The molecule has 1 saturated heterocycles. The number of carboxylic acid groups (broad SMARTS) is 1. The van der Waals surface area contributed by atoms with Gasteiger partial charge in [0, 0.05) is 13.1 Å². The summed E-state index contributed by atoms with van der Waals surface area (Å²) in [6.45, 7) is 7.47. The standard InChI is InChI=1S/C22H29N5O3.C2HF3O2/c1-15(2)12-18-22(28)27(13-16-4-6-17(29-3)7-5-16)19-20(25-18)23-14-24-21(19)26-8-10-30-11-9-26;3-2(4,5)1(6)7/h4-7,14-15,18H,8-13H2,1-3H3,(H,23,24,25);(H,6,7). The van der Waals surface area contributed by atoms with Crippen molar-refractivity contribution in [3.8, 4) is 5.75 Å². The van der Waals surface area contributed by atoms with Crippen molar-refractivity contribution in [2.45, 2.75) is 39.0 Å². The first-order valence-electron chi connectivity index (χ1n) is 11.7. The molecule has 0 spiro atoms. The fourth-order valence-electron chi connectivity index (χ4n) is 3.96. The lowest BCUT2D eigenvalue weighted by Crippen LogP contribution is -2.49. The van der Waals surface area contributed by atoms with Gasteiger partial charge >= 0.3 is 12.1 Å². The van der Waals surface area contributed by atoms with Gasteiger partial charge in [0.2, 0.25) is 5.91 Å². The van der Waals surface area contributed by atoms with Crippen molar-refractivity contribution in [2.75, 3.05) is 48.5 Å². The fourth-order valence-corrected chi connectivity index (χ4v) is 3.96. The minimum Gasteiger partial charge on any atom is -0.497 e. The van der Waals surface area contributed by atoms with E-state index >= 15 is 0 Å². The molecule has 2 aliphatic rings. The molecular weight excluding hydrogens is 495 g/mol. The van der Waals surface area contributed by atoms with E-state index in [9.17, 15) is 18.0 Å². The SMILES string of the molecule is COc1ccc(CN2C(=O)C(CC(C)C)Nc3ncnc(N4CCOCC4)c32)cc1.O=C(O)C(F)(F)F. The molecule has 0 radical (unpaired) electrons. The van der Waals surface area contributed by atoms with E-state index in [4.69, 9.17) is 19.4 Å². The lowest BCUT2D eigenvalue weighted by Gasteiger charge is -2.38. The summed E-state index contributed by atoms with van der Waals surface area (Å²) in [4.78, 5) is 35.5. The van der Waals surface area contributed by atoms with Crippen LogP contribution >= 0.6 is 0 Å². The van der Waals surface area contributed by atoms with Gasteiger partial charge in [-0.15, -0.1) is 0 Å². The van der Waals surface area contributed by atoms with Crippen molar-refractivity contribution in [2.24, 2.45) is 5.92 Å². The second-order valence-corrected chi connectivity index (χ2v) is 8.90. The minimum absolute atomic E-state index is 0.0522. The molecule has 2 N–H and O–H groups in total. The quantitative estimate of drug-likeness (QED) is 0.586. The van der Waals surface area contributed by atoms with Gasteiger partial charge in [-0.2, -0.15) is 13.2 Å². The molecule has 1 amide bonds. The number of aliphatic carboxylic acids is 1. The summed E-state index contributed by atoms with van der Waals surface area (Å²) in [5, 5.41) is 10.5. The molecular formula is C24H30F3N5O5. The highest BCUT2D eigenvalue weighted by Gasteiger charge is 2.38. The van der Waals surface area contributed by atoms with E-state index in [1.165, 1.54) is 0 Å². The smallest absolute Gasteiger partial charge is 0.490 e. The molecule has 1 aromatic heterocycles. The second-order valence-electron chi connectivity index (χ2n) is 8.90. The molecule has 10 nitrogen and oxygen atoms in total. The van der Waals surface area contributed by atoms with E-state index in [1.807, 2.05) is 29.2 Å². The Morgan fingerprint density at radius 3 is 2.38 bits per heavy atom. The van der Waals surface area contributed by atoms with Crippen LogP contribution in [0.2, 0.25) is 0 Å². The normalized spacial score (nSPS) is 17.5. The zero-order valence-corrected chi connectivity index (χ0v) is 20.8. The highest BCUT2D eigenvalue weighted by molar-refractivity contribution is 6.06. The number of ether oxygens (including phenoxy) is 2. The molecule has 37 heavy (non-hydrogen) atoms. The van der Waals surface area contributed by atoms with E-state index in [0.717, 1.165) is 42.3 Å². The number of morpholine rings is 1. The van der Waals surface area contributed by atoms with Crippen LogP contribution < -0.4 is 19.9 Å². The number of alkyl halides is 3. The number of amides is 1. The summed E-state index contributed by atoms with van der Waals surface area (Å²) >= 11 is 0. The van der Waals surface area contributed by atoms with Gasteiger partial charge in [0.1, 0.15) is 23.8 Å². The molecule has 1 unspecified atom stereocenters. The first-order chi connectivity index (χ1) is 17.5. The van der Waals surface area contributed by atoms with Crippen LogP contribution in [-0.4, -0.2) is 72.6 Å². The average molecular weight is 526 g/mol. The van der Waals surface area contributed by atoms with Crippen LogP contribution in [0.15, 0.2) is 30.6 Å². The molecule has 0 aliphatic carbocycles. The Labute approximate surface area is 212 Å². The third-order valence-electron chi connectivity index (χ3n) is 5.71. The third kappa shape index (κ3) is 7.21. The van der Waals surface area contributed by atoms with E-state index in [-0.39, 0.29) is 11.9 Å². The van der Waals surface area contributed by atoms with Crippen LogP contribution in [0.3, 0.4) is 0 Å². The number of rotatable bonds is 6. The van der Waals surface area contributed by atoms with Crippen molar-refractivity contribution in [1.82, 2.24) is 9.97 Å². The van der Waals surface area contributed by atoms with Crippen LogP contribution in [0, 0.1) is 5.92 Å². The number of nitrogens with zero attached hydrogens (tertiary/aromatic N) is 4. The van der Waals surface area contributed by atoms with Gasteiger partial charge in [0.25, 0.3) is 0 Å². The highest BCUT2D eigenvalue weighted by Crippen LogP contribution is 2.39. The summed E-state index contributed by atoms with van der Waals surface area (Å²) in [6, 6.07) is 7.51. The maximum Gasteiger partial charge on any atom is 0.490 e. The summed E-state index contributed by atoms with van der Waals surface area (Å²) in [7, 11) is 1.65. The molecule has 4 rings (SSSR count). The van der Waals surface area contributed by atoms with E-state index in [2.05, 4.69) is 34.0 Å². The maximum absolute atomic E-state index is 13.5. The number of hydrogen-bond donors (Lipinski definition) is 2. The number of halogens is 3. The number of anilines is 3. The zero-order valence-electron chi connectivity index (χ0n) is 20.8. The predicted molar refractivity (Wildman–Crippen MR) is 130 cm³/mol. The van der Waals surface area contributed by atoms with Gasteiger partial charge in [-0.25, -0.2) is 14.8 Å². The largest absolute Gasteiger partial charge is 0.497 e. The third-order valence-corrected chi connectivity index (χ3v) is 5.71. The number of carbonyl (C=O) groups excluding carboxylic acids is 1. The first kappa shape index (κ1) is 28.0. The second kappa shape index (κ2) is 12.1. The predicted octanol–water partition coefficient (Wildman–Crippen LogP) is 3.33. The number of nitrogens with one attached hydrogen (secondary N) is 1. The van der Waals surface area contributed by atoms with Crippen molar-refractivity contribution >= 4 is 29.2 Å². The van der Waals surface area contributed by atoms with Crippen molar-refractivity contribution in [1.29, 1.82) is 0 Å². The van der Waals surface area contributed by atoms with Gasteiger partial charge < -0.3 is 24.8 Å². The Bertz CT molecular complexity index is 1080. The number of aromatic nitrogens is 2. The topological polar surface area (TPSA) is 117 Å². The molecule has 0 saturated carbocycles. The molecule has 202 valence electrons. The Kier molecular flexibility index (Phi) is 9.14. The Balaban J connectivity index is 0.000000479. The number of carboxylic acids is 1. The van der Waals surface area contributed by atoms with Gasteiger partial charge in [-0.1, -0.05) is 26.0 Å². The number of methoxy groups -OCH3 is 1. The summed E-state index contributed by atoms with van der Waals surface area (Å²) < 4.78 is 42.5. The Morgan fingerprint density at radius 1 is 1.22 bits per heavy atom. The summed E-state index contributed by atoms with van der Waals surface area (Å²) in [5.74, 6) is -0.0352. The van der Waals surface area contributed by atoms with E-state index < -0.39 is 12.1 Å². The van der Waals surface area contributed by atoms with Crippen LogP contribution in [-0.2, 0) is 20.9 Å². The van der Waals surface area contributed by atoms with E-state index in [0.29, 0.717) is 31.5 Å². The highest BCUT2D eigenvalue weighted by atomic mass is 19.4. The number of carbonyl (C=O) groups is 2. The molecule has 2 aromatic rings. The lowest BCUT2D eigenvalue weighted by molar-refractivity contribution is -0.192. The first-order valence-corrected chi connectivity index (χ1v) is 11.7. The average Bonchev–Trinajstić information content (AvgIpc) is 2.86. The lowest BCUT2D eigenvalue weighted by atomic mass is 10.00. The molecule has 13 heteroatoms. The van der Waals surface area contributed by atoms with Gasteiger partial charge in [0.05, 0.1) is 26.9 Å². The Hall–Kier alpha value is -3.61. The molecule has 1 aromatic carbocycles. The number of hydrogen-bond acceptors (Lipinski definition) is 8. The molecule has 1 fully saturated rings. The monoisotopic (exact) mass is 525 g/mol. The van der Waals surface area contributed by atoms with Crippen LogP contribution in [0.1, 0.15) is 25.8 Å². The molecule has 0 bridgehead atoms. The van der Waals surface area contributed by atoms with Crippen molar-refractivity contribution in [3.63, 3.8) is 0 Å². The van der Waals surface area contributed by atoms with Crippen LogP contribution in [0.25, 0.3) is 0 Å². The summed E-state index contributed by atoms with van der Waals surface area (Å²) in [6.07, 6.45) is -2.77. The van der Waals surface area contributed by atoms with E-state index in [1.54, 1.807) is 13.4 Å². The zero-order chi connectivity index (χ0) is 27.2. The Morgan fingerprint density at radius 2 is 1.84 bits per heavy atom. The minimum atomic E-state index is -5.08. The summed E-state index contributed by atoms with van der Waals surface area (Å²) in [5.41, 5.74) is 1.78.